The van der Waals surface area contributed by atoms with Gasteiger partial charge in [-0.05, 0) is 115 Å². The van der Waals surface area contributed by atoms with Crippen molar-refractivity contribution in [3.63, 3.8) is 0 Å². The van der Waals surface area contributed by atoms with Crippen LogP contribution in [0.15, 0.2) is 186 Å². The van der Waals surface area contributed by atoms with Crippen LogP contribution in [0, 0.1) is 0 Å². The molecule has 0 saturated heterocycles. The predicted molar refractivity (Wildman–Crippen MR) is 218 cm³/mol. The second-order valence-corrected chi connectivity index (χ2v) is 15.9. The van der Waals surface area contributed by atoms with E-state index in [1.54, 1.807) is 0 Å². The van der Waals surface area contributed by atoms with Gasteiger partial charge in [-0.1, -0.05) is 153 Å². The molecule has 11 rings (SSSR count). The molecule has 1 heterocycles. The van der Waals surface area contributed by atoms with Gasteiger partial charge in [0.1, 0.15) is 0 Å². The Kier molecular flexibility index (Phi) is 6.22. The number of hydrogen-bond donors (Lipinski definition) is 0. The van der Waals surface area contributed by atoms with E-state index < -0.39 is 5.41 Å². The molecule has 8 aromatic carbocycles. The summed E-state index contributed by atoms with van der Waals surface area (Å²) in [7, 11) is 0. The summed E-state index contributed by atoms with van der Waals surface area (Å²) in [5, 5.41) is 2.63. The van der Waals surface area contributed by atoms with Crippen LogP contribution in [-0.4, -0.2) is 0 Å². The zero-order valence-corrected chi connectivity index (χ0v) is 29.9. The number of hydrogen-bond acceptors (Lipinski definition) is 2. The van der Waals surface area contributed by atoms with Gasteiger partial charge in [-0.15, -0.1) is 0 Å². The fourth-order valence-electron chi connectivity index (χ4n) is 9.67. The normalized spacial score (nSPS) is 16.8. The highest BCUT2D eigenvalue weighted by molar-refractivity contribution is 7.99. The lowest BCUT2D eigenvalue weighted by Crippen LogP contribution is -2.36. The molecule has 2 heteroatoms. The number of anilines is 3. The summed E-state index contributed by atoms with van der Waals surface area (Å²) in [6.07, 6.45) is 0. The molecular weight excluding hydrogens is 647 g/mol. The first kappa shape index (κ1) is 29.9. The summed E-state index contributed by atoms with van der Waals surface area (Å²) in [6, 6.07) is 66.0. The van der Waals surface area contributed by atoms with Gasteiger partial charge in [0, 0.05) is 32.3 Å². The largest absolute Gasteiger partial charge is 0.310 e. The molecule has 2 aliphatic carbocycles. The van der Waals surface area contributed by atoms with E-state index >= 15 is 0 Å². The lowest BCUT2D eigenvalue weighted by Gasteiger charge is -2.46. The van der Waals surface area contributed by atoms with Crippen molar-refractivity contribution < 1.29 is 0 Å². The van der Waals surface area contributed by atoms with Crippen LogP contribution in [0.5, 0.6) is 0 Å². The van der Waals surface area contributed by atoms with E-state index in [1.165, 1.54) is 81.9 Å². The van der Waals surface area contributed by atoms with Crippen LogP contribution in [0.1, 0.15) is 47.2 Å². The van der Waals surface area contributed by atoms with Crippen molar-refractivity contribution in [1.29, 1.82) is 0 Å². The van der Waals surface area contributed by atoms with E-state index in [9.17, 15) is 0 Å². The molecule has 0 saturated carbocycles. The van der Waals surface area contributed by atoms with Crippen molar-refractivity contribution in [2.24, 2.45) is 0 Å². The molecule has 0 aromatic heterocycles. The zero-order valence-electron chi connectivity index (χ0n) is 29.1. The van der Waals surface area contributed by atoms with Crippen LogP contribution in [0.3, 0.4) is 0 Å². The van der Waals surface area contributed by atoms with Crippen LogP contribution in [0.4, 0.5) is 17.1 Å². The Morgan fingerprint density at radius 1 is 0.385 bits per heavy atom. The van der Waals surface area contributed by atoms with E-state index in [4.69, 9.17) is 0 Å². The minimum atomic E-state index is -0.498. The molecule has 0 fully saturated rings. The first-order chi connectivity index (χ1) is 25.5. The number of fused-ring (bicyclic) bond motifs is 11. The van der Waals surface area contributed by atoms with Crippen LogP contribution in [0.2, 0.25) is 0 Å². The molecule has 1 nitrogen and oxygen atoms in total. The Hall–Kier alpha value is -5.83. The summed E-state index contributed by atoms with van der Waals surface area (Å²) in [6.45, 7) is 4.73. The average Bonchev–Trinajstić information content (AvgIpc) is 3.42. The first-order valence-corrected chi connectivity index (χ1v) is 19.0. The van der Waals surface area contributed by atoms with Crippen molar-refractivity contribution in [3.8, 4) is 22.3 Å². The van der Waals surface area contributed by atoms with E-state index in [2.05, 4.69) is 195 Å². The van der Waals surface area contributed by atoms with Crippen molar-refractivity contribution in [3.05, 3.63) is 209 Å². The third kappa shape index (κ3) is 3.91. The van der Waals surface area contributed by atoms with E-state index in [0.29, 0.717) is 0 Å². The Balaban J connectivity index is 1.20. The SMILES string of the molecule is CC1(C)c2ccccc2-c2ccc(N(c3ccccc3)c3ccc4c(c3)C3(c5ccccc5S4)c4ccccc4-c4cccc5cccc3c45)cc21. The fourth-order valence-corrected chi connectivity index (χ4v) is 10.8. The van der Waals surface area contributed by atoms with Gasteiger partial charge in [0.2, 0.25) is 0 Å². The van der Waals surface area contributed by atoms with Gasteiger partial charge in [0.05, 0.1) is 5.41 Å². The lowest BCUT2D eigenvalue weighted by molar-refractivity contribution is 0.660. The minimum absolute atomic E-state index is 0.0948. The number of rotatable bonds is 3. The van der Waals surface area contributed by atoms with Gasteiger partial charge in [0.25, 0.3) is 0 Å². The average molecular weight is 682 g/mol. The summed E-state index contributed by atoms with van der Waals surface area (Å²) in [5.74, 6) is 0. The van der Waals surface area contributed by atoms with E-state index in [1.807, 2.05) is 11.8 Å². The summed E-state index contributed by atoms with van der Waals surface area (Å²) < 4.78 is 0. The molecule has 8 aromatic rings. The Morgan fingerprint density at radius 3 is 1.75 bits per heavy atom. The van der Waals surface area contributed by atoms with Gasteiger partial charge < -0.3 is 4.90 Å². The summed E-state index contributed by atoms with van der Waals surface area (Å²) in [5.41, 5.74) is 16.3. The van der Waals surface area contributed by atoms with Crippen molar-refractivity contribution >= 4 is 39.6 Å². The molecule has 1 unspecified atom stereocenters. The fraction of sp³-hybridized carbons (Fsp3) is 0.0800. The van der Waals surface area contributed by atoms with Crippen LogP contribution >= 0.6 is 11.8 Å². The number of nitrogens with zero attached hydrogens (tertiary/aromatic N) is 1. The van der Waals surface area contributed by atoms with E-state index in [0.717, 1.165) is 11.4 Å². The molecule has 0 bridgehead atoms. The van der Waals surface area contributed by atoms with Gasteiger partial charge in [-0.25, -0.2) is 0 Å². The third-order valence-corrected chi connectivity index (χ3v) is 13.1. The van der Waals surface area contributed by atoms with Gasteiger partial charge in [0.15, 0.2) is 0 Å². The lowest BCUT2D eigenvalue weighted by atomic mass is 9.59. The molecule has 1 aliphatic heterocycles. The van der Waals surface area contributed by atoms with Gasteiger partial charge >= 0.3 is 0 Å². The van der Waals surface area contributed by atoms with Gasteiger partial charge in [-0.2, -0.15) is 0 Å². The number of para-hydroxylation sites is 1. The molecule has 3 aliphatic rings. The maximum Gasteiger partial charge on any atom is 0.0736 e. The molecular formula is C50H35NS. The monoisotopic (exact) mass is 681 g/mol. The smallest absolute Gasteiger partial charge is 0.0736 e. The quantitative estimate of drug-likeness (QED) is 0.183. The molecule has 0 amide bonds. The zero-order chi connectivity index (χ0) is 34.6. The molecule has 1 spiro atoms. The molecule has 52 heavy (non-hydrogen) atoms. The first-order valence-electron chi connectivity index (χ1n) is 18.2. The predicted octanol–water partition coefficient (Wildman–Crippen LogP) is 13.4. The van der Waals surface area contributed by atoms with Crippen molar-refractivity contribution in [2.75, 3.05) is 4.90 Å². The van der Waals surface area contributed by atoms with Crippen LogP contribution in [0.25, 0.3) is 33.0 Å². The third-order valence-electron chi connectivity index (χ3n) is 11.9. The highest BCUT2D eigenvalue weighted by atomic mass is 32.2. The van der Waals surface area contributed by atoms with Crippen LogP contribution < -0.4 is 4.90 Å². The standard InChI is InChI=1S/C50H35NS/c1-49(2)40-21-8-6-18-36(40)38-28-26-34(30-44(38)49)51(33-16-4-3-5-17-33)35-27-29-47-45(31-35)50(42-23-10-11-25-46(42)52-47)41-22-9-7-19-37(41)39-20-12-14-32-15-13-24-43(50)48(32)39/h3-31H,1-2H3. The molecule has 1 atom stereocenters. The Morgan fingerprint density at radius 2 is 0.942 bits per heavy atom. The molecule has 0 radical (unpaired) electrons. The number of benzene rings is 8. The highest BCUT2D eigenvalue weighted by Crippen LogP contribution is 2.62. The topological polar surface area (TPSA) is 3.24 Å². The summed E-state index contributed by atoms with van der Waals surface area (Å²) >= 11 is 1.90. The molecule has 246 valence electrons. The Labute approximate surface area is 309 Å². The second-order valence-electron chi connectivity index (χ2n) is 14.9. The molecule has 0 N–H and O–H groups in total. The van der Waals surface area contributed by atoms with Crippen molar-refractivity contribution in [1.82, 2.24) is 0 Å². The second kappa shape index (κ2) is 10.8. The maximum atomic E-state index is 2.50. The maximum absolute atomic E-state index is 2.50. The minimum Gasteiger partial charge on any atom is -0.310 e. The van der Waals surface area contributed by atoms with Crippen LogP contribution in [-0.2, 0) is 10.8 Å². The Bertz CT molecular complexity index is 2750. The van der Waals surface area contributed by atoms with Crippen molar-refractivity contribution in [2.45, 2.75) is 34.5 Å². The van der Waals surface area contributed by atoms with Gasteiger partial charge in [-0.3, -0.25) is 0 Å². The van der Waals surface area contributed by atoms with E-state index in [-0.39, 0.29) is 5.41 Å². The summed E-state index contributed by atoms with van der Waals surface area (Å²) in [4.78, 5) is 5.07. The highest BCUT2D eigenvalue weighted by Gasteiger charge is 2.49.